The first-order chi connectivity index (χ1) is 8.66. The fourth-order valence-electron chi connectivity index (χ4n) is 3.42. The van der Waals surface area contributed by atoms with Crippen LogP contribution < -0.4 is 10.5 Å². The Hall–Kier alpha value is -1.36. The molecule has 0 spiro atoms. The summed E-state index contributed by atoms with van der Waals surface area (Å²) in [4.78, 5) is 10.7. The molecule has 0 aliphatic carbocycles. The van der Waals surface area contributed by atoms with Crippen molar-refractivity contribution in [3.63, 3.8) is 0 Å². The number of nitrogens with two attached hydrogens (primary N) is 1. The monoisotopic (exact) mass is 248 g/mol. The Balaban J connectivity index is 1.76. The summed E-state index contributed by atoms with van der Waals surface area (Å²) in [6, 6.07) is 1.28. The number of ether oxygens (including phenoxy) is 1. The van der Waals surface area contributed by atoms with Gasteiger partial charge in [-0.15, -0.1) is 0 Å². The molecule has 3 rings (SSSR count). The molecule has 98 valence electrons. The van der Waals surface area contributed by atoms with Crippen molar-refractivity contribution in [2.24, 2.45) is 5.92 Å². The molecule has 5 nitrogen and oxygen atoms in total. The summed E-state index contributed by atoms with van der Waals surface area (Å²) in [7, 11) is 2.23. The SMILES string of the molecule is C[C@H]1[C@@H](Oc2nccnc2N)C[C@H]2CC[C@@H]1N2C. The Morgan fingerprint density at radius 2 is 2.11 bits per heavy atom. The summed E-state index contributed by atoms with van der Waals surface area (Å²) >= 11 is 0. The Morgan fingerprint density at radius 1 is 1.33 bits per heavy atom. The van der Waals surface area contributed by atoms with E-state index in [2.05, 4.69) is 28.8 Å². The van der Waals surface area contributed by atoms with Gasteiger partial charge < -0.3 is 10.5 Å². The summed E-state index contributed by atoms with van der Waals surface area (Å²) < 4.78 is 6.00. The highest BCUT2D eigenvalue weighted by Crippen LogP contribution is 2.39. The molecule has 2 fully saturated rings. The zero-order chi connectivity index (χ0) is 12.7. The maximum absolute atomic E-state index is 6.00. The molecule has 18 heavy (non-hydrogen) atoms. The number of nitrogens with zero attached hydrogens (tertiary/aromatic N) is 3. The van der Waals surface area contributed by atoms with Crippen molar-refractivity contribution in [2.45, 2.75) is 44.4 Å². The van der Waals surface area contributed by atoms with Gasteiger partial charge >= 0.3 is 0 Å². The summed E-state index contributed by atoms with van der Waals surface area (Å²) in [6.07, 6.45) is 7.03. The lowest BCUT2D eigenvalue weighted by Crippen LogP contribution is -2.49. The van der Waals surface area contributed by atoms with Crippen molar-refractivity contribution in [2.75, 3.05) is 12.8 Å². The molecule has 2 bridgehead atoms. The first-order valence-electron chi connectivity index (χ1n) is 6.62. The molecule has 0 saturated carbocycles. The van der Waals surface area contributed by atoms with Crippen molar-refractivity contribution >= 4 is 5.82 Å². The van der Waals surface area contributed by atoms with Gasteiger partial charge in [0, 0.05) is 36.8 Å². The third-order valence-electron chi connectivity index (χ3n) is 4.55. The van der Waals surface area contributed by atoms with Gasteiger partial charge in [-0.25, -0.2) is 9.97 Å². The van der Waals surface area contributed by atoms with E-state index in [-0.39, 0.29) is 6.10 Å². The van der Waals surface area contributed by atoms with Crippen LogP contribution in [0.2, 0.25) is 0 Å². The highest BCUT2D eigenvalue weighted by Gasteiger charge is 2.44. The lowest BCUT2D eigenvalue weighted by molar-refractivity contribution is 0.0147. The number of anilines is 1. The normalized spacial score (nSPS) is 35.7. The number of hydrogen-bond donors (Lipinski definition) is 1. The van der Waals surface area contributed by atoms with E-state index >= 15 is 0 Å². The van der Waals surface area contributed by atoms with Crippen molar-refractivity contribution < 1.29 is 4.74 Å². The van der Waals surface area contributed by atoms with E-state index in [9.17, 15) is 0 Å². The molecule has 1 aromatic heterocycles. The van der Waals surface area contributed by atoms with Gasteiger partial charge in [0.2, 0.25) is 0 Å². The van der Waals surface area contributed by atoms with Crippen LogP contribution in [0.1, 0.15) is 26.2 Å². The van der Waals surface area contributed by atoms with E-state index in [1.165, 1.54) is 12.8 Å². The van der Waals surface area contributed by atoms with Crippen LogP contribution >= 0.6 is 0 Å². The fraction of sp³-hybridized carbons (Fsp3) is 0.692. The largest absolute Gasteiger partial charge is 0.471 e. The first kappa shape index (κ1) is 11.7. The van der Waals surface area contributed by atoms with Crippen LogP contribution in [0.25, 0.3) is 0 Å². The fourth-order valence-corrected chi connectivity index (χ4v) is 3.42. The van der Waals surface area contributed by atoms with E-state index in [0.29, 0.717) is 29.7 Å². The van der Waals surface area contributed by atoms with Gasteiger partial charge in [-0.1, -0.05) is 6.92 Å². The van der Waals surface area contributed by atoms with Crippen LogP contribution in [-0.2, 0) is 0 Å². The van der Waals surface area contributed by atoms with Crippen molar-refractivity contribution in [1.29, 1.82) is 0 Å². The van der Waals surface area contributed by atoms with Gasteiger partial charge in [0.15, 0.2) is 5.82 Å². The molecule has 0 aromatic carbocycles. The lowest BCUT2D eigenvalue weighted by atomic mass is 9.89. The van der Waals surface area contributed by atoms with E-state index in [0.717, 1.165) is 6.42 Å². The molecular formula is C13H20N4O. The Kier molecular flexibility index (Phi) is 2.86. The number of fused-ring (bicyclic) bond motifs is 2. The molecule has 0 amide bonds. The second kappa shape index (κ2) is 4.39. The molecular weight excluding hydrogens is 228 g/mol. The maximum Gasteiger partial charge on any atom is 0.257 e. The van der Waals surface area contributed by atoms with Gasteiger partial charge in [-0.2, -0.15) is 0 Å². The van der Waals surface area contributed by atoms with Gasteiger partial charge in [0.05, 0.1) is 0 Å². The third kappa shape index (κ3) is 1.82. The van der Waals surface area contributed by atoms with Crippen LogP contribution in [0.4, 0.5) is 5.82 Å². The van der Waals surface area contributed by atoms with Crippen molar-refractivity contribution in [1.82, 2.24) is 14.9 Å². The third-order valence-corrected chi connectivity index (χ3v) is 4.55. The molecule has 2 N–H and O–H groups in total. The molecule has 0 radical (unpaired) electrons. The molecule has 2 aliphatic rings. The molecule has 2 aliphatic heterocycles. The first-order valence-corrected chi connectivity index (χ1v) is 6.62. The van der Waals surface area contributed by atoms with Crippen LogP contribution in [0.5, 0.6) is 5.88 Å². The quantitative estimate of drug-likeness (QED) is 0.855. The summed E-state index contributed by atoms with van der Waals surface area (Å²) in [5, 5.41) is 0. The second-order valence-electron chi connectivity index (χ2n) is 5.46. The predicted octanol–water partition coefficient (Wildman–Crippen LogP) is 1.31. The van der Waals surface area contributed by atoms with Crippen LogP contribution in [0, 0.1) is 5.92 Å². The second-order valence-corrected chi connectivity index (χ2v) is 5.46. The highest BCUT2D eigenvalue weighted by atomic mass is 16.5. The van der Waals surface area contributed by atoms with Crippen molar-refractivity contribution in [3.8, 4) is 5.88 Å². The molecule has 4 atom stereocenters. The van der Waals surface area contributed by atoms with Crippen LogP contribution in [-0.4, -0.2) is 40.1 Å². The Bertz CT molecular complexity index is 439. The van der Waals surface area contributed by atoms with E-state index < -0.39 is 0 Å². The van der Waals surface area contributed by atoms with E-state index in [4.69, 9.17) is 10.5 Å². The zero-order valence-corrected chi connectivity index (χ0v) is 10.9. The predicted molar refractivity (Wildman–Crippen MR) is 69.2 cm³/mol. The minimum Gasteiger partial charge on any atom is -0.471 e. The number of rotatable bonds is 2. The zero-order valence-electron chi connectivity index (χ0n) is 10.9. The number of piperidine rings is 1. The van der Waals surface area contributed by atoms with Gasteiger partial charge in [0.25, 0.3) is 5.88 Å². The van der Waals surface area contributed by atoms with Gasteiger partial charge in [0.1, 0.15) is 6.10 Å². The average Bonchev–Trinajstić information content (AvgIpc) is 2.62. The van der Waals surface area contributed by atoms with Crippen molar-refractivity contribution in [3.05, 3.63) is 12.4 Å². The van der Waals surface area contributed by atoms with Crippen LogP contribution in [0.15, 0.2) is 12.4 Å². The molecule has 0 unspecified atom stereocenters. The minimum absolute atomic E-state index is 0.206. The Labute approximate surface area is 107 Å². The lowest BCUT2D eigenvalue weighted by Gasteiger charge is -2.41. The average molecular weight is 248 g/mol. The van der Waals surface area contributed by atoms with E-state index in [1.54, 1.807) is 12.4 Å². The smallest absolute Gasteiger partial charge is 0.257 e. The standard InChI is InChI=1S/C13H20N4O/c1-8-10-4-3-9(17(10)2)7-11(8)18-13-12(14)15-5-6-16-13/h5-6,8-11H,3-4,7H2,1-2H3,(H2,14,15)/t8-,9-,10+,11+/m1/s1. The topological polar surface area (TPSA) is 64.3 Å². The van der Waals surface area contributed by atoms with E-state index in [1.807, 2.05) is 0 Å². The summed E-state index contributed by atoms with van der Waals surface area (Å²) in [5.41, 5.74) is 5.79. The van der Waals surface area contributed by atoms with Gasteiger partial charge in [-0.3, -0.25) is 4.90 Å². The van der Waals surface area contributed by atoms with Gasteiger partial charge in [-0.05, 0) is 19.9 Å². The molecule has 1 aromatic rings. The molecule has 2 saturated heterocycles. The number of aromatic nitrogens is 2. The highest BCUT2D eigenvalue weighted by molar-refractivity contribution is 5.38. The number of hydrogen-bond acceptors (Lipinski definition) is 5. The molecule has 5 heteroatoms. The molecule has 3 heterocycles. The number of nitrogen functional groups attached to an aromatic ring is 1. The van der Waals surface area contributed by atoms with Crippen LogP contribution in [0.3, 0.4) is 0 Å². The summed E-state index contributed by atoms with van der Waals surface area (Å²) in [6.45, 7) is 2.26. The minimum atomic E-state index is 0.206. The Morgan fingerprint density at radius 3 is 2.89 bits per heavy atom. The maximum atomic E-state index is 6.00. The summed E-state index contributed by atoms with van der Waals surface area (Å²) in [5.74, 6) is 1.38.